The second-order valence-corrected chi connectivity index (χ2v) is 6.67. The first kappa shape index (κ1) is 17.9. The van der Waals surface area contributed by atoms with Gasteiger partial charge in [-0.15, -0.1) is 0 Å². The Morgan fingerprint density at radius 1 is 1.35 bits per heavy atom. The minimum Gasteiger partial charge on any atom is -0.473 e. The predicted octanol–water partition coefficient (Wildman–Crippen LogP) is 4.61. The quantitative estimate of drug-likeness (QED) is 0.716. The van der Waals surface area contributed by atoms with Gasteiger partial charge in [0.1, 0.15) is 12.9 Å². The van der Waals surface area contributed by atoms with E-state index in [1.165, 1.54) is 5.57 Å². The van der Waals surface area contributed by atoms with Gasteiger partial charge in [0, 0.05) is 12.5 Å². The molecule has 4 nitrogen and oxygen atoms in total. The zero-order chi connectivity index (χ0) is 18.4. The molecule has 3 rings (SSSR count). The van der Waals surface area contributed by atoms with Crippen LogP contribution in [0.25, 0.3) is 5.57 Å². The number of ether oxygens (including phenoxy) is 1. The van der Waals surface area contributed by atoms with E-state index in [1.807, 2.05) is 37.3 Å². The molecule has 0 fully saturated rings. The molecule has 26 heavy (non-hydrogen) atoms. The Morgan fingerprint density at radius 2 is 2.23 bits per heavy atom. The summed E-state index contributed by atoms with van der Waals surface area (Å²) in [4.78, 5) is 15.3. The summed E-state index contributed by atoms with van der Waals surface area (Å²) in [6.07, 6.45) is 6.77. The van der Waals surface area contributed by atoms with E-state index >= 15 is 0 Å². The standard InChI is InChI=1S/C22H22N2O2/c1-16-13-18(14-23)7-10-20(16)15-26-22-4-2-3-21(24-22)19-8-5-17(6-9-19)11-12-25/h2-4,7-8,10,12-13,17H,5-6,9,11,15H2,1H3. The van der Waals surface area contributed by atoms with E-state index < -0.39 is 0 Å². The fraction of sp³-hybridized carbons (Fsp3) is 0.318. The highest BCUT2D eigenvalue weighted by molar-refractivity contribution is 5.64. The van der Waals surface area contributed by atoms with Gasteiger partial charge >= 0.3 is 0 Å². The monoisotopic (exact) mass is 346 g/mol. The van der Waals surface area contributed by atoms with Crippen LogP contribution in [0.3, 0.4) is 0 Å². The van der Waals surface area contributed by atoms with Gasteiger partial charge in [0.25, 0.3) is 0 Å². The predicted molar refractivity (Wildman–Crippen MR) is 100 cm³/mol. The molecule has 132 valence electrons. The number of benzene rings is 1. The van der Waals surface area contributed by atoms with Gasteiger partial charge in [-0.25, -0.2) is 4.98 Å². The van der Waals surface area contributed by atoms with Gasteiger partial charge < -0.3 is 9.53 Å². The van der Waals surface area contributed by atoms with E-state index in [2.05, 4.69) is 17.1 Å². The maximum atomic E-state index is 10.7. The summed E-state index contributed by atoms with van der Waals surface area (Å²) in [6.45, 7) is 2.40. The van der Waals surface area contributed by atoms with Crippen molar-refractivity contribution in [1.29, 1.82) is 5.26 Å². The number of nitriles is 1. The van der Waals surface area contributed by atoms with Gasteiger partial charge in [-0.05, 0) is 67.0 Å². The largest absolute Gasteiger partial charge is 0.473 e. The van der Waals surface area contributed by atoms with Crippen LogP contribution in [-0.4, -0.2) is 11.3 Å². The summed E-state index contributed by atoms with van der Waals surface area (Å²) in [7, 11) is 0. The molecule has 1 aliphatic carbocycles. The lowest BCUT2D eigenvalue weighted by Gasteiger charge is -2.20. The molecule has 0 amide bonds. The van der Waals surface area contributed by atoms with Crippen molar-refractivity contribution in [3.63, 3.8) is 0 Å². The van der Waals surface area contributed by atoms with Crippen LogP contribution in [0.1, 0.15) is 48.1 Å². The highest BCUT2D eigenvalue weighted by Crippen LogP contribution is 2.31. The van der Waals surface area contributed by atoms with Gasteiger partial charge in [0.2, 0.25) is 5.88 Å². The zero-order valence-corrected chi connectivity index (χ0v) is 14.9. The zero-order valence-electron chi connectivity index (χ0n) is 14.9. The van der Waals surface area contributed by atoms with Crippen LogP contribution in [0, 0.1) is 24.2 Å². The van der Waals surface area contributed by atoms with Crippen LogP contribution in [0.5, 0.6) is 5.88 Å². The van der Waals surface area contributed by atoms with E-state index in [0.717, 1.165) is 42.4 Å². The van der Waals surface area contributed by atoms with Gasteiger partial charge in [0.15, 0.2) is 0 Å². The van der Waals surface area contributed by atoms with E-state index in [9.17, 15) is 4.79 Å². The second kappa shape index (κ2) is 8.44. The summed E-state index contributed by atoms with van der Waals surface area (Å²) in [5, 5.41) is 8.95. The number of hydrogen-bond donors (Lipinski definition) is 0. The molecule has 1 aromatic heterocycles. The fourth-order valence-corrected chi connectivity index (χ4v) is 3.22. The summed E-state index contributed by atoms with van der Waals surface area (Å²) < 4.78 is 5.87. The number of pyridine rings is 1. The third kappa shape index (κ3) is 4.37. The molecule has 0 saturated carbocycles. The molecule has 0 radical (unpaired) electrons. The van der Waals surface area contributed by atoms with Crippen molar-refractivity contribution in [2.24, 2.45) is 5.92 Å². The van der Waals surface area contributed by atoms with E-state index in [4.69, 9.17) is 10.00 Å². The van der Waals surface area contributed by atoms with Crippen molar-refractivity contribution in [2.75, 3.05) is 0 Å². The van der Waals surface area contributed by atoms with Crippen molar-refractivity contribution >= 4 is 11.9 Å². The Balaban J connectivity index is 1.67. The molecule has 0 N–H and O–H groups in total. The minimum absolute atomic E-state index is 0.425. The Kier molecular flexibility index (Phi) is 5.80. The molecule has 1 heterocycles. The molecule has 1 atom stereocenters. The average Bonchev–Trinajstić information content (AvgIpc) is 2.68. The lowest BCUT2D eigenvalue weighted by atomic mass is 9.86. The summed E-state index contributed by atoms with van der Waals surface area (Å²) in [5.41, 5.74) is 4.92. The van der Waals surface area contributed by atoms with E-state index in [-0.39, 0.29) is 0 Å². The molecule has 0 bridgehead atoms. The normalized spacial score (nSPS) is 16.5. The number of aromatic nitrogens is 1. The highest BCUT2D eigenvalue weighted by atomic mass is 16.5. The number of carbonyl (C=O) groups excluding carboxylic acids is 1. The van der Waals surface area contributed by atoms with E-state index in [0.29, 0.717) is 30.4 Å². The average molecular weight is 346 g/mol. The molecule has 1 aromatic carbocycles. The molecule has 0 aliphatic heterocycles. The SMILES string of the molecule is Cc1cc(C#N)ccc1COc1cccc(C2=CCC(CC=O)CC2)n1. The Labute approximate surface area is 154 Å². The second-order valence-electron chi connectivity index (χ2n) is 6.67. The van der Waals surface area contributed by atoms with Crippen molar-refractivity contribution in [3.05, 3.63) is 64.9 Å². The Morgan fingerprint density at radius 3 is 2.92 bits per heavy atom. The number of allylic oxidation sites excluding steroid dienone is 2. The minimum atomic E-state index is 0.425. The first-order chi connectivity index (χ1) is 12.7. The van der Waals surface area contributed by atoms with Gasteiger partial charge in [-0.3, -0.25) is 0 Å². The van der Waals surface area contributed by atoms with Crippen molar-refractivity contribution in [3.8, 4) is 11.9 Å². The van der Waals surface area contributed by atoms with Crippen LogP contribution >= 0.6 is 0 Å². The number of hydrogen-bond acceptors (Lipinski definition) is 4. The summed E-state index contributed by atoms with van der Waals surface area (Å²) in [6, 6.07) is 13.6. The number of rotatable bonds is 6. The third-order valence-corrected chi connectivity index (χ3v) is 4.85. The van der Waals surface area contributed by atoms with Crippen LogP contribution in [0.4, 0.5) is 0 Å². The first-order valence-electron chi connectivity index (χ1n) is 8.92. The van der Waals surface area contributed by atoms with E-state index in [1.54, 1.807) is 6.07 Å². The van der Waals surface area contributed by atoms with Crippen LogP contribution in [0.15, 0.2) is 42.5 Å². The number of nitrogens with zero attached hydrogens (tertiary/aromatic N) is 2. The number of carbonyl (C=O) groups is 1. The lowest BCUT2D eigenvalue weighted by Crippen LogP contribution is -2.07. The highest BCUT2D eigenvalue weighted by Gasteiger charge is 2.16. The van der Waals surface area contributed by atoms with Crippen LogP contribution < -0.4 is 4.74 Å². The number of aryl methyl sites for hydroxylation is 1. The summed E-state index contributed by atoms with van der Waals surface area (Å²) in [5.74, 6) is 1.07. The topological polar surface area (TPSA) is 63.0 Å². The maximum Gasteiger partial charge on any atom is 0.214 e. The molecule has 0 spiro atoms. The van der Waals surface area contributed by atoms with Crippen LogP contribution in [-0.2, 0) is 11.4 Å². The Hall–Kier alpha value is -2.93. The molecule has 0 saturated heterocycles. The van der Waals surface area contributed by atoms with Crippen molar-refractivity contribution in [1.82, 2.24) is 4.98 Å². The number of aldehydes is 1. The van der Waals surface area contributed by atoms with Crippen molar-refractivity contribution in [2.45, 2.75) is 39.2 Å². The smallest absolute Gasteiger partial charge is 0.214 e. The fourth-order valence-electron chi connectivity index (χ4n) is 3.22. The van der Waals surface area contributed by atoms with Crippen molar-refractivity contribution < 1.29 is 9.53 Å². The molecule has 1 unspecified atom stereocenters. The molecule has 4 heteroatoms. The van der Waals surface area contributed by atoms with Gasteiger partial charge in [0.05, 0.1) is 17.3 Å². The first-order valence-corrected chi connectivity index (χ1v) is 8.92. The molecule has 1 aliphatic rings. The molecule has 2 aromatic rings. The Bertz CT molecular complexity index is 865. The molecular formula is C22H22N2O2. The van der Waals surface area contributed by atoms with Gasteiger partial charge in [-0.1, -0.05) is 18.2 Å². The third-order valence-electron chi connectivity index (χ3n) is 4.85. The van der Waals surface area contributed by atoms with Crippen LogP contribution in [0.2, 0.25) is 0 Å². The maximum absolute atomic E-state index is 10.7. The molecular weight excluding hydrogens is 324 g/mol. The lowest BCUT2D eigenvalue weighted by molar-refractivity contribution is -0.108. The van der Waals surface area contributed by atoms with Gasteiger partial charge in [-0.2, -0.15) is 5.26 Å². The summed E-state index contributed by atoms with van der Waals surface area (Å²) >= 11 is 0.